The fourth-order valence-electron chi connectivity index (χ4n) is 0.843. The highest BCUT2D eigenvalue weighted by Gasteiger charge is 2.86. The highest BCUT2D eigenvalue weighted by atomic mass is 31.2. The molecule has 0 aromatic carbocycles. The van der Waals surface area contributed by atoms with Crippen LogP contribution in [0.2, 0.25) is 0 Å². The summed E-state index contributed by atoms with van der Waals surface area (Å²) in [6.45, 7) is 0. The van der Waals surface area contributed by atoms with E-state index in [9.17, 15) is 44.1 Å². The Hall–Kier alpha value is -0.480. The van der Waals surface area contributed by atoms with Crippen molar-refractivity contribution in [1.29, 1.82) is 0 Å². The average molecular weight is 328 g/mol. The van der Waals surface area contributed by atoms with Crippen molar-refractivity contribution in [1.82, 2.24) is 0 Å². The fourth-order valence-corrected chi connectivity index (χ4v) is 1.93. The highest BCUT2D eigenvalue weighted by Crippen LogP contribution is 2.70. The molecule has 0 aromatic heterocycles. The maximum absolute atomic E-state index is 13.0. The molecule has 0 saturated carbocycles. The van der Waals surface area contributed by atoms with Crippen molar-refractivity contribution in [3.63, 3.8) is 0 Å². The molecule has 0 amide bonds. The molecule has 19 heavy (non-hydrogen) atoms. The van der Waals surface area contributed by atoms with Crippen LogP contribution < -0.4 is 0 Å². The molecule has 0 N–H and O–H groups in total. The SMILES string of the molecule is COP(=O)(OC)C(F)(F)C(F)(F)C(F)(F)C(F)(F)F. The standard InChI is InChI=1S/C6H6F9O3P/c1-17-19(16,18-2)6(14,15)4(9,10)3(7,8)5(11,12)13/h1-2H3. The molecule has 0 atom stereocenters. The fraction of sp³-hybridized carbons (Fsp3) is 1.00. The van der Waals surface area contributed by atoms with E-state index in [0.717, 1.165) is 0 Å². The predicted octanol–water partition coefficient (Wildman–Crippen LogP) is 3.90. The number of hydrogen-bond acceptors (Lipinski definition) is 3. The van der Waals surface area contributed by atoms with Gasteiger partial charge in [0.15, 0.2) is 0 Å². The molecule has 0 bridgehead atoms. The lowest BCUT2D eigenvalue weighted by molar-refractivity contribution is -0.384. The quantitative estimate of drug-likeness (QED) is 0.567. The van der Waals surface area contributed by atoms with Crippen molar-refractivity contribution in [3.8, 4) is 0 Å². The van der Waals surface area contributed by atoms with Crippen LogP contribution in [0.5, 0.6) is 0 Å². The van der Waals surface area contributed by atoms with E-state index in [0.29, 0.717) is 0 Å². The van der Waals surface area contributed by atoms with Crippen molar-refractivity contribution in [3.05, 3.63) is 0 Å². The van der Waals surface area contributed by atoms with Gasteiger partial charge in [0.1, 0.15) is 0 Å². The van der Waals surface area contributed by atoms with Crippen LogP contribution in [-0.2, 0) is 13.6 Å². The van der Waals surface area contributed by atoms with Gasteiger partial charge in [0.05, 0.1) is 0 Å². The molecule has 0 rings (SSSR count). The second kappa shape index (κ2) is 4.81. The summed E-state index contributed by atoms with van der Waals surface area (Å²) in [5.74, 6) is -14.2. The largest absolute Gasteiger partial charge is 0.460 e. The Morgan fingerprint density at radius 3 is 1.26 bits per heavy atom. The van der Waals surface area contributed by atoms with Gasteiger partial charge < -0.3 is 9.05 Å². The zero-order chi connectivity index (χ0) is 15.9. The van der Waals surface area contributed by atoms with Gasteiger partial charge in [0.25, 0.3) is 0 Å². The molecular formula is C6H6F9O3P. The van der Waals surface area contributed by atoms with Gasteiger partial charge in [-0.3, -0.25) is 4.57 Å². The highest BCUT2D eigenvalue weighted by molar-refractivity contribution is 7.55. The zero-order valence-electron chi connectivity index (χ0n) is 9.07. The Morgan fingerprint density at radius 2 is 1.05 bits per heavy atom. The average Bonchev–Trinajstić information content (AvgIpc) is 2.25. The molecule has 0 spiro atoms. The Bertz CT molecular complexity index is 369. The first-order chi connectivity index (χ1) is 8.12. The third-order valence-corrected chi connectivity index (χ3v) is 3.88. The minimum atomic E-state index is -7.14. The Kier molecular flexibility index (Phi) is 4.69. The molecule has 13 heteroatoms. The summed E-state index contributed by atoms with van der Waals surface area (Å²) in [5.41, 5.74) is -6.40. The number of alkyl halides is 9. The van der Waals surface area contributed by atoms with Crippen LogP contribution in [-0.4, -0.2) is 37.9 Å². The number of rotatable bonds is 5. The third-order valence-electron chi connectivity index (χ3n) is 1.95. The smallest absolute Gasteiger partial charge is 0.308 e. The maximum atomic E-state index is 13.0. The molecular weight excluding hydrogens is 322 g/mol. The van der Waals surface area contributed by atoms with Crippen molar-refractivity contribution in [2.24, 2.45) is 0 Å². The molecule has 0 fully saturated rings. The predicted molar refractivity (Wildman–Crippen MR) is 42.5 cm³/mol. The molecule has 0 aliphatic heterocycles. The van der Waals surface area contributed by atoms with Crippen molar-refractivity contribution in [2.45, 2.75) is 23.7 Å². The zero-order valence-corrected chi connectivity index (χ0v) is 9.97. The first-order valence-corrected chi connectivity index (χ1v) is 5.58. The summed E-state index contributed by atoms with van der Waals surface area (Å²) in [4.78, 5) is 0. The Balaban J connectivity index is 5.98. The van der Waals surface area contributed by atoms with E-state index in [1.54, 1.807) is 0 Å². The first-order valence-electron chi connectivity index (χ1n) is 4.04. The van der Waals surface area contributed by atoms with Gasteiger partial charge in [0.2, 0.25) is 0 Å². The van der Waals surface area contributed by atoms with Crippen LogP contribution in [0.15, 0.2) is 0 Å². The molecule has 0 aromatic rings. The van der Waals surface area contributed by atoms with Crippen molar-refractivity contribution in [2.75, 3.05) is 14.2 Å². The van der Waals surface area contributed by atoms with Gasteiger partial charge in [-0.25, -0.2) is 0 Å². The minimum absolute atomic E-state index is 0.125. The van der Waals surface area contributed by atoms with E-state index in [1.165, 1.54) is 0 Å². The van der Waals surface area contributed by atoms with Gasteiger partial charge in [-0.2, -0.15) is 39.5 Å². The summed E-state index contributed by atoms with van der Waals surface area (Å²) >= 11 is 0. The Morgan fingerprint density at radius 1 is 0.737 bits per heavy atom. The van der Waals surface area contributed by atoms with Crippen LogP contribution in [0.1, 0.15) is 0 Å². The van der Waals surface area contributed by atoms with Gasteiger partial charge in [-0.05, 0) is 0 Å². The second-order valence-corrected chi connectivity index (χ2v) is 5.34. The van der Waals surface area contributed by atoms with Crippen LogP contribution in [0, 0.1) is 0 Å². The second-order valence-electron chi connectivity index (χ2n) is 3.05. The van der Waals surface area contributed by atoms with E-state index in [-0.39, 0.29) is 14.2 Å². The van der Waals surface area contributed by atoms with E-state index in [4.69, 9.17) is 0 Å². The Labute approximate surface area is 99.7 Å². The van der Waals surface area contributed by atoms with E-state index >= 15 is 0 Å². The lowest BCUT2D eigenvalue weighted by Crippen LogP contribution is -2.60. The molecule has 0 aliphatic carbocycles. The molecule has 0 radical (unpaired) electrons. The molecule has 0 heterocycles. The summed E-state index contributed by atoms with van der Waals surface area (Å²) in [5, 5.41) is 0. The molecule has 116 valence electrons. The first kappa shape index (κ1) is 18.5. The van der Waals surface area contributed by atoms with E-state index in [1.807, 2.05) is 0 Å². The molecule has 0 saturated heterocycles. The molecule has 0 unspecified atom stereocenters. The third kappa shape index (κ3) is 2.45. The van der Waals surface area contributed by atoms with Gasteiger partial charge in [-0.15, -0.1) is 0 Å². The molecule has 3 nitrogen and oxygen atoms in total. The monoisotopic (exact) mass is 328 g/mol. The van der Waals surface area contributed by atoms with E-state index in [2.05, 4.69) is 9.05 Å². The normalized spacial score (nSPS) is 15.7. The van der Waals surface area contributed by atoms with Crippen LogP contribution in [0.3, 0.4) is 0 Å². The minimum Gasteiger partial charge on any atom is -0.308 e. The summed E-state index contributed by atoms with van der Waals surface area (Å²) in [7, 11) is -5.98. The van der Waals surface area contributed by atoms with Gasteiger partial charge >= 0.3 is 31.3 Å². The van der Waals surface area contributed by atoms with Gasteiger partial charge in [0, 0.05) is 14.2 Å². The maximum Gasteiger partial charge on any atom is 0.460 e. The lowest BCUT2D eigenvalue weighted by atomic mass is 10.1. The number of hydrogen-bond donors (Lipinski definition) is 0. The van der Waals surface area contributed by atoms with Crippen molar-refractivity contribution >= 4 is 7.60 Å². The topological polar surface area (TPSA) is 35.5 Å². The van der Waals surface area contributed by atoms with Crippen LogP contribution >= 0.6 is 7.60 Å². The van der Waals surface area contributed by atoms with E-state index < -0.39 is 31.3 Å². The van der Waals surface area contributed by atoms with Crippen LogP contribution in [0.25, 0.3) is 0 Å². The van der Waals surface area contributed by atoms with Crippen molar-refractivity contribution < 1.29 is 53.1 Å². The lowest BCUT2D eigenvalue weighted by Gasteiger charge is -2.35. The summed E-state index contributed by atoms with van der Waals surface area (Å²) in [6.07, 6.45) is -6.99. The van der Waals surface area contributed by atoms with Crippen LogP contribution in [0.4, 0.5) is 39.5 Å². The summed E-state index contributed by atoms with van der Waals surface area (Å²) in [6, 6.07) is 0. The van der Waals surface area contributed by atoms with Gasteiger partial charge in [-0.1, -0.05) is 0 Å². The number of halogens is 9. The summed E-state index contributed by atoms with van der Waals surface area (Å²) < 4.78 is 129. The molecule has 0 aliphatic rings.